The molecule has 9 nitrogen and oxygen atoms in total. The average molecular weight is 487 g/mol. The van der Waals surface area contributed by atoms with Gasteiger partial charge in [0.05, 0.1) is 11.9 Å². The molecule has 0 spiro atoms. The molecule has 2 heterocycles. The lowest BCUT2D eigenvalue weighted by Crippen LogP contribution is -2.11. The highest BCUT2D eigenvalue weighted by molar-refractivity contribution is 5.88. The lowest BCUT2D eigenvalue weighted by molar-refractivity contribution is 0.0697. The van der Waals surface area contributed by atoms with E-state index in [4.69, 9.17) is 15.2 Å². The van der Waals surface area contributed by atoms with Gasteiger partial charge in [0.25, 0.3) is 0 Å². The van der Waals surface area contributed by atoms with Gasteiger partial charge in [-0.05, 0) is 48.1 Å². The van der Waals surface area contributed by atoms with Crippen LogP contribution in [0.3, 0.4) is 0 Å². The Bertz CT molecular complexity index is 1330. The van der Waals surface area contributed by atoms with E-state index in [0.29, 0.717) is 37.3 Å². The second kappa shape index (κ2) is 10.7. The molecule has 0 atom stereocenters. The van der Waals surface area contributed by atoms with Crippen LogP contribution < -0.4 is 10.6 Å². The highest BCUT2D eigenvalue weighted by Gasteiger charge is 2.21. The molecule has 5 rings (SSSR count). The normalized spacial score (nSPS) is 13.8. The van der Waals surface area contributed by atoms with Crippen LogP contribution in [-0.2, 0) is 6.54 Å². The Morgan fingerprint density at radius 3 is 2.33 bits per heavy atom. The molecular formula is C27H30N6O3. The van der Waals surface area contributed by atoms with Gasteiger partial charge in [-0.25, -0.2) is 9.78 Å². The number of anilines is 2. The lowest BCUT2D eigenvalue weighted by atomic mass is 10.0. The third-order valence-corrected chi connectivity index (χ3v) is 6.64. The van der Waals surface area contributed by atoms with Gasteiger partial charge in [0, 0.05) is 25.7 Å². The highest BCUT2D eigenvalue weighted by Crippen LogP contribution is 2.33. The smallest absolute Gasteiger partial charge is 0.335 e. The van der Waals surface area contributed by atoms with E-state index in [1.807, 2.05) is 42.7 Å². The van der Waals surface area contributed by atoms with E-state index in [0.717, 1.165) is 40.7 Å². The number of carboxylic acids is 1. The van der Waals surface area contributed by atoms with Crippen molar-refractivity contribution in [3.63, 3.8) is 0 Å². The van der Waals surface area contributed by atoms with Crippen molar-refractivity contribution < 1.29 is 15.0 Å². The zero-order chi connectivity index (χ0) is 24.9. The summed E-state index contributed by atoms with van der Waals surface area (Å²) in [7, 11) is 0. The lowest BCUT2D eigenvalue weighted by Gasteiger charge is -2.14. The van der Waals surface area contributed by atoms with Gasteiger partial charge in [-0.2, -0.15) is 9.97 Å². The summed E-state index contributed by atoms with van der Waals surface area (Å²) in [5, 5.41) is 24.9. The molecule has 186 valence electrons. The quantitative estimate of drug-likeness (QED) is 0.238. The number of nitrogens with zero attached hydrogens (tertiary/aromatic N) is 4. The largest absolute Gasteiger partial charge is 0.478 e. The number of aliphatic hydroxyl groups is 1. The van der Waals surface area contributed by atoms with Gasteiger partial charge in [-0.15, -0.1) is 0 Å². The number of hydrogen-bond acceptors (Lipinski definition) is 7. The average Bonchev–Trinajstić information content (AvgIpc) is 3.58. The summed E-state index contributed by atoms with van der Waals surface area (Å²) in [6.45, 7) is 1.27. The maximum absolute atomic E-state index is 11.1. The molecule has 1 aliphatic rings. The van der Waals surface area contributed by atoms with Gasteiger partial charge in [0.1, 0.15) is 0 Å². The molecule has 36 heavy (non-hydrogen) atoms. The molecule has 0 saturated heterocycles. The number of rotatable bonds is 10. The predicted molar refractivity (Wildman–Crippen MR) is 139 cm³/mol. The highest BCUT2D eigenvalue weighted by atomic mass is 16.4. The van der Waals surface area contributed by atoms with Crippen molar-refractivity contribution >= 4 is 28.9 Å². The fraction of sp³-hybridized carbons (Fsp3) is 0.333. The van der Waals surface area contributed by atoms with Gasteiger partial charge >= 0.3 is 5.97 Å². The topological polar surface area (TPSA) is 125 Å². The van der Waals surface area contributed by atoms with E-state index in [-0.39, 0.29) is 12.2 Å². The van der Waals surface area contributed by atoms with E-state index in [1.54, 1.807) is 12.1 Å². The molecule has 4 aromatic rings. The van der Waals surface area contributed by atoms with Crippen LogP contribution in [0.15, 0.2) is 54.9 Å². The Hall–Kier alpha value is -3.98. The number of aliphatic hydroxyl groups excluding tert-OH is 1. The third kappa shape index (κ3) is 5.16. The first-order chi connectivity index (χ1) is 17.6. The van der Waals surface area contributed by atoms with E-state index >= 15 is 0 Å². The fourth-order valence-electron chi connectivity index (χ4n) is 4.65. The summed E-state index contributed by atoms with van der Waals surface area (Å²) >= 11 is 0. The van der Waals surface area contributed by atoms with Gasteiger partial charge in [-0.3, -0.25) is 0 Å². The molecule has 4 N–H and O–H groups in total. The number of benzene rings is 2. The molecule has 0 aliphatic heterocycles. The van der Waals surface area contributed by atoms with Crippen molar-refractivity contribution in [2.24, 2.45) is 0 Å². The fourth-order valence-corrected chi connectivity index (χ4v) is 4.65. The minimum absolute atomic E-state index is 0.111. The Morgan fingerprint density at radius 1 is 0.972 bits per heavy atom. The van der Waals surface area contributed by atoms with Crippen molar-refractivity contribution in [1.82, 2.24) is 19.5 Å². The van der Waals surface area contributed by atoms with Crippen molar-refractivity contribution in [1.29, 1.82) is 0 Å². The summed E-state index contributed by atoms with van der Waals surface area (Å²) < 4.78 is 2.18. The molecule has 2 aromatic heterocycles. The number of aromatic nitrogens is 4. The zero-order valence-electron chi connectivity index (χ0n) is 20.0. The van der Waals surface area contributed by atoms with E-state index < -0.39 is 5.97 Å². The van der Waals surface area contributed by atoms with Crippen molar-refractivity contribution in [3.05, 3.63) is 66.0 Å². The van der Waals surface area contributed by atoms with Crippen molar-refractivity contribution in [2.75, 3.05) is 23.8 Å². The summed E-state index contributed by atoms with van der Waals surface area (Å²) in [5.74, 6) is 0.275. The van der Waals surface area contributed by atoms with Crippen LogP contribution in [0.1, 0.15) is 54.1 Å². The molecule has 0 bridgehead atoms. The van der Waals surface area contributed by atoms with Gasteiger partial charge in [-0.1, -0.05) is 49.2 Å². The number of fused-ring (bicyclic) bond motifs is 1. The molecule has 0 radical (unpaired) electrons. The number of imidazole rings is 1. The number of carboxylic acid groups (broad SMARTS) is 1. The monoisotopic (exact) mass is 486 g/mol. The summed E-state index contributed by atoms with van der Waals surface area (Å²) in [4.78, 5) is 25.2. The minimum atomic E-state index is -0.929. The van der Waals surface area contributed by atoms with Crippen LogP contribution in [0.25, 0.3) is 22.3 Å². The Balaban J connectivity index is 1.35. The van der Waals surface area contributed by atoms with Crippen LogP contribution in [0.4, 0.5) is 11.8 Å². The number of hydrogen-bond donors (Lipinski definition) is 4. The molecule has 0 amide bonds. The Morgan fingerprint density at radius 2 is 1.67 bits per heavy atom. The number of carbonyl (C=O) groups is 1. The van der Waals surface area contributed by atoms with E-state index in [2.05, 4.69) is 25.2 Å². The molecule has 1 aliphatic carbocycles. The molecule has 9 heteroatoms. The minimum Gasteiger partial charge on any atom is -0.478 e. The van der Waals surface area contributed by atoms with Crippen LogP contribution >= 0.6 is 0 Å². The SMILES string of the molecule is O=C(O)c1ccc(-c2ccc(CNc3nc(NCCCO)nc4c3ncn4C3CCCC3)cc2)cc1. The summed E-state index contributed by atoms with van der Waals surface area (Å²) in [5.41, 5.74) is 4.92. The molecule has 1 fully saturated rings. The van der Waals surface area contributed by atoms with Crippen LogP contribution in [0.2, 0.25) is 0 Å². The maximum atomic E-state index is 11.1. The number of aromatic carboxylic acids is 1. The third-order valence-electron chi connectivity index (χ3n) is 6.64. The van der Waals surface area contributed by atoms with Crippen LogP contribution in [0, 0.1) is 0 Å². The van der Waals surface area contributed by atoms with E-state index in [9.17, 15) is 4.79 Å². The Labute approximate surface area is 209 Å². The summed E-state index contributed by atoms with van der Waals surface area (Å²) in [6, 6.07) is 15.4. The van der Waals surface area contributed by atoms with Gasteiger partial charge in [0.2, 0.25) is 5.95 Å². The second-order valence-corrected chi connectivity index (χ2v) is 9.10. The van der Waals surface area contributed by atoms with Crippen LogP contribution in [0.5, 0.6) is 0 Å². The molecule has 1 saturated carbocycles. The Kier molecular flexibility index (Phi) is 7.08. The number of nitrogens with one attached hydrogen (secondary N) is 2. The zero-order valence-corrected chi connectivity index (χ0v) is 20.0. The maximum Gasteiger partial charge on any atom is 0.335 e. The standard InChI is InChI=1S/C27H30N6O3/c34-15-3-14-28-27-31-24(23-25(32-27)33(17-30-23)22-4-1-2-5-22)29-16-18-6-8-19(9-7-18)20-10-12-21(13-11-20)26(35)36/h6-13,17,22,34H,1-5,14-16H2,(H,35,36)(H2,28,29,31,32). The van der Waals surface area contributed by atoms with Gasteiger partial charge < -0.3 is 25.4 Å². The van der Waals surface area contributed by atoms with Gasteiger partial charge in [0.15, 0.2) is 17.0 Å². The summed E-state index contributed by atoms with van der Waals surface area (Å²) in [6.07, 6.45) is 7.22. The first-order valence-corrected chi connectivity index (χ1v) is 12.4. The molecule has 2 aromatic carbocycles. The van der Waals surface area contributed by atoms with Crippen LogP contribution in [-0.4, -0.2) is 48.9 Å². The first-order valence-electron chi connectivity index (χ1n) is 12.4. The second-order valence-electron chi connectivity index (χ2n) is 9.10. The van der Waals surface area contributed by atoms with E-state index in [1.165, 1.54) is 12.8 Å². The van der Waals surface area contributed by atoms with Crippen molar-refractivity contribution in [3.8, 4) is 11.1 Å². The molecule has 0 unspecified atom stereocenters. The first kappa shape index (κ1) is 23.7. The van der Waals surface area contributed by atoms with Crippen molar-refractivity contribution in [2.45, 2.75) is 44.7 Å². The predicted octanol–water partition coefficient (Wildman–Crippen LogP) is 4.71. The molecular weight excluding hydrogens is 456 g/mol.